The minimum absolute atomic E-state index is 0.134. The zero-order valence-corrected chi connectivity index (χ0v) is 20.7. The lowest BCUT2D eigenvalue weighted by Gasteiger charge is -2.31. The maximum absolute atomic E-state index is 14.2. The van der Waals surface area contributed by atoms with E-state index in [4.69, 9.17) is 0 Å². The molecule has 36 heavy (non-hydrogen) atoms. The van der Waals surface area contributed by atoms with Gasteiger partial charge < -0.3 is 0 Å². The maximum Gasteiger partial charge on any atom is 0.267 e. The molecule has 0 N–H and O–H groups in total. The second-order valence-electron chi connectivity index (χ2n) is 9.37. The molecule has 1 aliphatic carbocycles. The number of benzene rings is 4. The summed E-state index contributed by atoms with van der Waals surface area (Å²) in [4.78, 5) is 14.3. The average molecular weight is 492 g/mol. The average Bonchev–Trinajstić information content (AvgIpc) is 3.20. The quantitative estimate of drug-likeness (QED) is 0.366. The number of fused-ring (bicyclic) bond motifs is 2. The monoisotopic (exact) mass is 491 g/mol. The van der Waals surface area contributed by atoms with Crippen molar-refractivity contribution in [1.82, 2.24) is 4.31 Å². The molecule has 0 unspecified atom stereocenters. The van der Waals surface area contributed by atoms with Crippen LogP contribution in [0.1, 0.15) is 33.7 Å². The molecule has 0 radical (unpaired) electrons. The third-order valence-electron chi connectivity index (χ3n) is 7.18. The number of rotatable bonds is 4. The van der Waals surface area contributed by atoms with Gasteiger partial charge in [-0.1, -0.05) is 103 Å². The van der Waals surface area contributed by atoms with E-state index in [1.54, 1.807) is 24.3 Å². The van der Waals surface area contributed by atoms with Crippen LogP contribution in [0, 0.1) is 6.92 Å². The van der Waals surface area contributed by atoms with Gasteiger partial charge in [-0.25, -0.2) is 12.7 Å². The fourth-order valence-electron chi connectivity index (χ4n) is 5.55. The summed E-state index contributed by atoms with van der Waals surface area (Å²) in [5.41, 5.74) is 6.64. The molecule has 178 valence electrons. The predicted octanol–water partition coefficient (Wildman–Crippen LogP) is 5.74. The van der Waals surface area contributed by atoms with Crippen molar-refractivity contribution in [3.63, 3.8) is 0 Å². The first-order chi connectivity index (χ1) is 17.5. The summed E-state index contributed by atoms with van der Waals surface area (Å²) in [6.45, 7) is 1.91. The first-order valence-corrected chi connectivity index (χ1v) is 13.5. The van der Waals surface area contributed by atoms with Crippen LogP contribution in [0.25, 0.3) is 5.57 Å². The van der Waals surface area contributed by atoms with Gasteiger partial charge in [0.1, 0.15) is 0 Å². The van der Waals surface area contributed by atoms with Crippen molar-refractivity contribution in [2.24, 2.45) is 0 Å². The van der Waals surface area contributed by atoms with Gasteiger partial charge in [0, 0.05) is 0 Å². The molecule has 6 rings (SSSR count). The fraction of sp³-hybridized carbons (Fsp3) is 0.129. The molecule has 2 atom stereocenters. The molecule has 1 saturated heterocycles. The minimum atomic E-state index is -4.07. The van der Waals surface area contributed by atoms with Crippen molar-refractivity contribution in [2.45, 2.75) is 30.2 Å². The number of amides is 1. The van der Waals surface area contributed by atoms with Crippen molar-refractivity contribution in [3.05, 3.63) is 143 Å². The largest absolute Gasteiger partial charge is 0.273 e. The van der Waals surface area contributed by atoms with Crippen LogP contribution >= 0.6 is 0 Å². The molecule has 0 spiro atoms. The normalized spacial score (nSPS) is 19.2. The molecule has 1 fully saturated rings. The Bertz CT molecular complexity index is 1590. The molecule has 0 bridgehead atoms. The molecule has 2 aliphatic rings. The lowest BCUT2D eigenvalue weighted by atomic mass is 9.75. The van der Waals surface area contributed by atoms with E-state index in [2.05, 4.69) is 6.07 Å². The molecule has 1 aliphatic heterocycles. The Morgan fingerprint density at radius 1 is 0.750 bits per heavy atom. The van der Waals surface area contributed by atoms with Crippen LogP contribution in [0.4, 0.5) is 0 Å². The van der Waals surface area contributed by atoms with Crippen molar-refractivity contribution in [1.29, 1.82) is 0 Å². The van der Waals surface area contributed by atoms with E-state index in [0.29, 0.717) is 6.42 Å². The van der Waals surface area contributed by atoms with Gasteiger partial charge in [0.25, 0.3) is 10.0 Å². The molecule has 0 saturated carbocycles. The summed E-state index contributed by atoms with van der Waals surface area (Å²) in [6.07, 6.45) is 0.446. The first kappa shape index (κ1) is 22.5. The van der Waals surface area contributed by atoms with Gasteiger partial charge in [0.15, 0.2) is 0 Å². The molecule has 1 amide bonds. The number of hydrogen-bond acceptors (Lipinski definition) is 3. The van der Waals surface area contributed by atoms with Gasteiger partial charge in [0.05, 0.1) is 16.9 Å². The zero-order chi connectivity index (χ0) is 24.9. The lowest BCUT2D eigenvalue weighted by molar-refractivity contribution is -0.125. The van der Waals surface area contributed by atoms with E-state index in [9.17, 15) is 13.2 Å². The summed E-state index contributed by atoms with van der Waals surface area (Å²) < 4.78 is 29.2. The SMILES string of the molecule is Cc1ccc(S(=O)(=O)N2C(=O)[C@H](c3ccccc3)C3=C(c4ccccc4)c4ccccc4C[C@@H]32)cc1. The number of carbonyl (C=O) groups is 1. The van der Waals surface area contributed by atoms with Crippen LogP contribution in [0.15, 0.2) is 120 Å². The number of sulfonamides is 1. The second-order valence-corrected chi connectivity index (χ2v) is 11.2. The molecule has 4 nitrogen and oxygen atoms in total. The minimum Gasteiger partial charge on any atom is -0.273 e. The molecular formula is C31H25NO3S. The number of hydrogen-bond donors (Lipinski definition) is 0. The number of aryl methyl sites for hydroxylation is 1. The van der Waals surface area contributed by atoms with E-state index in [1.165, 1.54) is 0 Å². The smallest absolute Gasteiger partial charge is 0.267 e. The lowest BCUT2D eigenvalue weighted by Crippen LogP contribution is -2.41. The highest BCUT2D eigenvalue weighted by Gasteiger charge is 2.53. The van der Waals surface area contributed by atoms with Crippen LogP contribution in [-0.2, 0) is 21.2 Å². The van der Waals surface area contributed by atoms with E-state index < -0.39 is 27.9 Å². The Labute approximate surface area is 211 Å². The van der Waals surface area contributed by atoms with Crippen LogP contribution < -0.4 is 0 Å². The third-order valence-corrected chi connectivity index (χ3v) is 9.00. The van der Waals surface area contributed by atoms with Crippen LogP contribution in [0.3, 0.4) is 0 Å². The predicted molar refractivity (Wildman–Crippen MR) is 141 cm³/mol. The van der Waals surface area contributed by atoms with Gasteiger partial charge >= 0.3 is 0 Å². The summed E-state index contributed by atoms with van der Waals surface area (Å²) in [5.74, 6) is -1.08. The summed E-state index contributed by atoms with van der Waals surface area (Å²) in [5, 5.41) is 0. The van der Waals surface area contributed by atoms with Gasteiger partial charge in [-0.2, -0.15) is 0 Å². The maximum atomic E-state index is 14.2. The Kier molecular flexibility index (Phi) is 5.38. The number of nitrogens with zero attached hydrogens (tertiary/aromatic N) is 1. The Morgan fingerprint density at radius 2 is 1.36 bits per heavy atom. The Balaban J connectivity index is 1.65. The van der Waals surface area contributed by atoms with E-state index in [-0.39, 0.29) is 4.90 Å². The molecule has 0 aromatic heterocycles. The van der Waals surface area contributed by atoms with Crippen LogP contribution in [0.5, 0.6) is 0 Å². The second kappa shape index (κ2) is 8.61. The van der Waals surface area contributed by atoms with Gasteiger partial charge in [-0.3, -0.25) is 4.79 Å². The van der Waals surface area contributed by atoms with Crippen molar-refractivity contribution < 1.29 is 13.2 Å². The van der Waals surface area contributed by atoms with E-state index >= 15 is 0 Å². The summed E-state index contributed by atoms with van der Waals surface area (Å²) in [6, 6.07) is 33.7. The summed E-state index contributed by atoms with van der Waals surface area (Å²) >= 11 is 0. The van der Waals surface area contributed by atoms with Crippen molar-refractivity contribution in [3.8, 4) is 0 Å². The van der Waals surface area contributed by atoms with E-state index in [0.717, 1.165) is 43.3 Å². The van der Waals surface area contributed by atoms with Crippen LogP contribution in [-0.4, -0.2) is 24.7 Å². The fourth-order valence-corrected chi connectivity index (χ4v) is 7.12. The van der Waals surface area contributed by atoms with Gasteiger partial charge in [-0.05, 0) is 58.9 Å². The Hall–Kier alpha value is -3.96. The van der Waals surface area contributed by atoms with Crippen molar-refractivity contribution in [2.75, 3.05) is 0 Å². The molecule has 1 heterocycles. The summed E-state index contributed by atoms with van der Waals surface area (Å²) in [7, 11) is -4.07. The highest BCUT2D eigenvalue weighted by molar-refractivity contribution is 7.89. The molecule has 5 heteroatoms. The zero-order valence-electron chi connectivity index (χ0n) is 19.8. The Morgan fingerprint density at radius 3 is 2.06 bits per heavy atom. The van der Waals surface area contributed by atoms with Gasteiger partial charge in [0.2, 0.25) is 5.91 Å². The highest BCUT2D eigenvalue weighted by atomic mass is 32.2. The molecular weight excluding hydrogens is 466 g/mol. The highest BCUT2D eigenvalue weighted by Crippen LogP contribution is 2.50. The van der Waals surface area contributed by atoms with Crippen molar-refractivity contribution >= 4 is 21.5 Å². The third kappa shape index (κ3) is 3.50. The number of carbonyl (C=O) groups excluding carboxylic acids is 1. The first-order valence-electron chi connectivity index (χ1n) is 12.0. The topological polar surface area (TPSA) is 54.5 Å². The molecule has 4 aromatic carbocycles. The van der Waals surface area contributed by atoms with Crippen LogP contribution in [0.2, 0.25) is 0 Å². The molecule has 4 aromatic rings. The van der Waals surface area contributed by atoms with Gasteiger partial charge in [-0.15, -0.1) is 0 Å². The standard InChI is InChI=1S/C31H25NO3S/c1-21-16-18-25(19-17-21)36(34,35)32-27-20-24-14-8-9-15-26(24)28(22-10-4-2-5-11-22)30(27)29(31(32)33)23-12-6-3-7-13-23/h2-19,27,29H,20H2,1H3/t27-,29+/m0/s1. The van der Waals surface area contributed by atoms with E-state index in [1.807, 2.05) is 85.8 Å².